The second kappa shape index (κ2) is 5.87. The summed E-state index contributed by atoms with van der Waals surface area (Å²) in [6.07, 6.45) is 1.60. The molecule has 0 bridgehead atoms. The first-order valence-corrected chi connectivity index (χ1v) is 6.79. The van der Waals surface area contributed by atoms with E-state index in [1.807, 2.05) is 23.6 Å². The van der Waals surface area contributed by atoms with Crippen LogP contribution in [0.25, 0.3) is 11.2 Å². The predicted molar refractivity (Wildman–Crippen MR) is 87.8 cm³/mol. The molecule has 0 radical (unpaired) electrons. The molecule has 0 aliphatic heterocycles. The van der Waals surface area contributed by atoms with Crippen molar-refractivity contribution in [3.05, 3.63) is 50.5 Å². The molecule has 0 spiro atoms. The van der Waals surface area contributed by atoms with Crippen molar-refractivity contribution in [1.82, 2.24) is 19.5 Å². The van der Waals surface area contributed by atoms with Gasteiger partial charge in [-0.05, 0) is 24.1 Å². The number of hydrogen-bond acceptors (Lipinski definition) is 4. The second-order valence-electron chi connectivity index (χ2n) is 4.58. The zero-order valence-corrected chi connectivity index (χ0v) is 13.5. The molecule has 0 aliphatic rings. The van der Waals surface area contributed by atoms with Gasteiger partial charge in [-0.1, -0.05) is 28.1 Å². The molecular formula is C13H13BrClN5O. The van der Waals surface area contributed by atoms with Crippen molar-refractivity contribution in [2.24, 2.45) is 0 Å². The van der Waals surface area contributed by atoms with Gasteiger partial charge in [-0.15, -0.1) is 12.4 Å². The first kappa shape index (κ1) is 15.5. The van der Waals surface area contributed by atoms with Crippen molar-refractivity contribution in [2.45, 2.75) is 13.5 Å². The van der Waals surface area contributed by atoms with Gasteiger partial charge in [0, 0.05) is 4.47 Å². The van der Waals surface area contributed by atoms with Gasteiger partial charge in [0.05, 0.1) is 12.9 Å². The van der Waals surface area contributed by atoms with E-state index in [4.69, 9.17) is 5.73 Å². The molecule has 2 heterocycles. The Morgan fingerprint density at radius 3 is 2.90 bits per heavy atom. The lowest BCUT2D eigenvalue weighted by molar-refractivity contribution is 0.812. The molecule has 2 aromatic heterocycles. The molecule has 110 valence electrons. The average molecular weight is 371 g/mol. The van der Waals surface area contributed by atoms with Gasteiger partial charge >= 0.3 is 0 Å². The predicted octanol–water partition coefficient (Wildman–Crippen LogP) is 2.24. The summed E-state index contributed by atoms with van der Waals surface area (Å²) in [6.45, 7) is 2.61. The zero-order chi connectivity index (χ0) is 14.3. The number of rotatable bonds is 2. The van der Waals surface area contributed by atoms with Crippen LogP contribution in [0.5, 0.6) is 0 Å². The number of H-pyrrole nitrogens is 1. The fraction of sp³-hybridized carbons (Fsp3) is 0.154. The average Bonchev–Trinajstić information content (AvgIpc) is 2.77. The van der Waals surface area contributed by atoms with Crippen LogP contribution < -0.4 is 11.3 Å². The maximum absolute atomic E-state index is 11.7. The summed E-state index contributed by atoms with van der Waals surface area (Å²) in [6, 6.07) is 6.09. The molecule has 0 fully saturated rings. The molecule has 0 saturated carbocycles. The summed E-state index contributed by atoms with van der Waals surface area (Å²) in [5, 5.41) is 0. The Labute approximate surface area is 135 Å². The summed E-state index contributed by atoms with van der Waals surface area (Å²) in [5.41, 5.74) is 8.30. The Morgan fingerprint density at radius 1 is 1.43 bits per heavy atom. The van der Waals surface area contributed by atoms with E-state index in [0.717, 1.165) is 15.6 Å². The van der Waals surface area contributed by atoms with Gasteiger partial charge in [0.25, 0.3) is 5.56 Å². The molecule has 21 heavy (non-hydrogen) atoms. The number of aromatic amines is 1. The topological polar surface area (TPSA) is 89.6 Å². The van der Waals surface area contributed by atoms with Crippen LogP contribution in [0.3, 0.4) is 0 Å². The minimum atomic E-state index is -0.321. The van der Waals surface area contributed by atoms with E-state index < -0.39 is 0 Å². The van der Waals surface area contributed by atoms with Crippen LogP contribution in [0.2, 0.25) is 0 Å². The molecule has 3 N–H and O–H groups in total. The number of nitrogens with two attached hydrogens (primary N) is 1. The molecule has 8 heteroatoms. The number of benzene rings is 1. The van der Waals surface area contributed by atoms with E-state index in [9.17, 15) is 4.79 Å². The summed E-state index contributed by atoms with van der Waals surface area (Å²) in [5.74, 6) is 0.0937. The van der Waals surface area contributed by atoms with Gasteiger partial charge < -0.3 is 10.3 Å². The molecule has 0 atom stereocenters. The van der Waals surface area contributed by atoms with Crippen LogP contribution >= 0.6 is 28.3 Å². The van der Waals surface area contributed by atoms with E-state index in [0.29, 0.717) is 17.7 Å². The highest BCUT2D eigenvalue weighted by molar-refractivity contribution is 9.10. The molecule has 0 amide bonds. The Morgan fingerprint density at radius 2 is 2.19 bits per heavy atom. The van der Waals surface area contributed by atoms with E-state index in [1.54, 1.807) is 6.33 Å². The third-order valence-electron chi connectivity index (χ3n) is 3.07. The molecule has 0 saturated heterocycles. The van der Waals surface area contributed by atoms with Crippen molar-refractivity contribution in [3.8, 4) is 0 Å². The number of halogens is 2. The molecule has 0 unspecified atom stereocenters. The Hall–Kier alpha value is -1.86. The van der Waals surface area contributed by atoms with Gasteiger partial charge in [-0.3, -0.25) is 9.78 Å². The maximum atomic E-state index is 11.7. The van der Waals surface area contributed by atoms with Crippen LogP contribution in [-0.2, 0) is 6.54 Å². The third-order valence-corrected chi connectivity index (χ3v) is 3.96. The van der Waals surface area contributed by atoms with Gasteiger partial charge in [0.2, 0.25) is 5.95 Å². The van der Waals surface area contributed by atoms with Crippen LogP contribution in [0.1, 0.15) is 11.1 Å². The summed E-state index contributed by atoms with van der Waals surface area (Å²) >= 11 is 3.47. The number of anilines is 1. The van der Waals surface area contributed by atoms with E-state index >= 15 is 0 Å². The fourth-order valence-electron chi connectivity index (χ4n) is 2.09. The first-order chi connectivity index (χ1) is 9.54. The SMILES string of the molecule is Cc1cc(Cn2cnc3c(=O)[nH]c(N)nc32)ccc1Br.Cl. The van der Waals surface area contributed by atoms with Crippen molar-refractivity contribution in [3.63, 3.8) is 0 Å². The fourth-order valence-corrected chi connectivity index (χ4v) is 2.33. The van der Waals surface area contributed by atoms with E-state index in [-0.39, 0.29) is 23.9 Å². The summed E-state index contributed by atoms with van der Waals surface area (Å²) in [7, 11) is 0. The maximum Gasteiger partial charge on any atom is 0.280 e. The van der Waals surface area contributed by atoms with Gasteiger partial charge in [0.15, 0.2) is 11.2 Å². The number of hydrogen-bond donors (Lipinski definition) is 2. The van der Waals surface area contributed by atoms with E-state index in [2.05, 4.69) is 36.9 Å². The highest BCUT2D eigenvalue weighted by Gasteiger charge is 2.09. The minimum Gasteiger partial charge on any atom is -0.369 e. The first-order valence-electron chi connectivity index (χ1n) is 6.00. The van der Waals surface area contributed by atoms with Gasteiger partial charge in [-0.2, -0.15) is 4.98 Å². The van der Waals surface area contributed by atoms with E-state index in [1.165, 1.54) is 0 Å². The number of imidazole rings is 1. The van der Waals surface area contributed by atoms with Gasteiger partial charge in [-0.25, -0.2) is 4.98 Å². The number of nitrogen functional groups attached to an aromatic ring is 1. The van der Waals surface area contributed by atoms with Crippen LogP contribution in [0.15, 0.2) is 33.8 Å². The molecule has 3 aromatic rings. The summed E-state index contributed by atoms with van der Waals surface area (Å²) in [4.78, 5) is 22.4. The Bertz CT molecular complexity index is 857. The number of aryl methyl sites for hydroxylation is 1. The van der Waals surface area contributed by atoms with Crippen molar-refractivity contribution in [2.75, 3.05) is 5.73 Å². The number of aromatic nitrogens is 4. The Balaban J connectivity index is 0.00000161. The van der Waals surface area contributed by atoms with Crippen LogP contribution in [-0.4, -0.2) is 19.5 Å². The highest BCUT2D eigenvalue weighted by Crippen LogP contribution is 2.18. The van der Waals surface area contributed by atoms with Crippen molar-refractivity contribution in [1.29, 1.82) is 0 Å². The van der Waals surface area contributed by atoms with Crippen molar-refractivity contribution >= 4 is 45.4 Å². The number of fused-ring (bicyclic) bond motifs is 1. The summed E-state index contributed by atoms with van der Waals surface area (Å²) < 4.78 is 2.87. The molecule has 1 aromatic carbocycles. The molecule has 0 aliphatic carbocycles. The third kappa shape index (κ3) is 2.93. The number of nitrogens with one attached hydrogen (secondary N) is 1. The highest BCUT2D eigenvalue weighted by atomic mass is 79.9. The molecule has 6 nitrogen and oxygen atoms in total. The number of nitrogens with zero attached hydrogens (tertiary/aromatic N) is 3. The van der Waals surface area contributed by atoms with Crippen LogP contribution in [0.4, 0.5) is 5.95 Å². The molecule has 3 rings (SSSR count). The largest absolute Gasteiger partial charge is 0.369 e. The lowest BCUT2D eigenvalue weighted by Crippen LogP contribution is -2.12. The smallest absolute Gasteiger partial charge is 0.280 e. The lowest BCUT2D eigenvalue weighted by atomic mass is 10.1. The minimum absolute atomic E-state index is 0. The standard InChI is InChI=1S/C13H12BrN5O.ClH/c1-7-4-8(2-3-9(7)14)5-19-6-16-10-11(19)17-13(15)18-12(10)20;/h2-4,6H,5H2,1H3,(H3,15,17,18,20);1H. The zero-order valence-electron chi connectivity index (χ0n) is 11.1. The van der Waals surface area contributed by atoms with Gasteiger partial charge in [0.1, 0.15) is 0 Å². The second-order valence-corrected chi connectivity index (χ2v) is 5.43. The van der Waals surface area contributed by atoms with Crippen molar-refractivity contribution < 1.29 is 0 Å². The Kier molecular flexibility index (Phi) is 4.34. The lowest BCUT2D eigenvalue weighted by Gasteiger charge is -2.06. The quantitative estimate of drug-likeness (QED) is 0.724. The normalized spacial score (nSPS) is 10.6. The monoisotopic (exact) mass is 369 g/mol. The van der Waals surface area contributed by atoms with Crippen LogP contribution in [0, 0.1) is 6.92 Å². The molecular weight excluding hydrogens is 358 g/mol.